The van der Waals surface area contributed by atoms with E-state index in [0.717, 1.165) is 17.5 Å². The molecule has 128 valence electrons. The topological polar surface area (TPSA) is 32.6 Å². The van der Waals surface area contributed by atoms with Crippen molar-refractivity contribution in [2.45, 2.75) is 46.2 Å². The zero-order chi connectivity index (χ0) is 17.9. The minimum Gasteiger partial charge on any atom is -0.507 e. The molecule has 0 saturated carbocycles. The number of phenols is 1. The van der Waals surface area contributed by atoms with Crippen molar-refractivity contribution in [1.29, 1.82) is 0 Å². The SMILES string of the molecule is CCC(C)(Pc1ccc(C)cc1/C=N/C)c1cc(C)cc(C)c1O. The number of rotatable bonds is 5. The number of aliphatic imine (C=N–C) groups is 1. The highest BCUT2D eigenvalue weighted by atomic mass is 31.1. The lowest BCUT2D eigenvalue weighted by molar-refractivity contribution is 0.452. The first kappa shape index (κ1) is 18.7. The van der Waals surface area contributed by atoms with Crippen LogP contribution in [0.4, 0.5) is 0 Å². The summed E-state index contributed by atoms with van der Waals surface area (Å²) in [5.74, 6) is 0.440. The van der Waals surface area contributed by atoms with Crippen LogP contribution in [-0.2, 0) is 5.16 Å². The third kappa shape index (κ3) is 3.87. The Morgan fingerprint density at radius 3 is 2.46 bits per heavy atom. The molecule has 2 rings (SSSR count). The minimum absolute atomic E-state index is 0.0908. The third-order valence-corrected chi connectivity index (χ3v) is 6.53. The standard InChI is InChI=1S/C21H28NOP/c1-7-21(5,18-12-15(3)10-16(4)20(18)23)24-19-9-8-14(2)11-17(19)13-22-6/h8-13,23-24H,7H2,1-6H3/b22-13+. The minimum atomic E-state index is -0.0908. The molecule has 0 amide bonds. The molecule has 2 nitrogen and oxygen atoms in total. The molecule has 0 aromatic heterocycles. The highest BCUT2D eigenvalue weighted by Crippen LogP contribution is 2.48. The van der Waals surface area contributed by atoms with E-state index in [-0.39, 0.29) is 5.16 Å². The maximum atomic E-state index is 10.7. The number of hydrogen-bond acceptors (Lipinski definition) is 2. The maximum absolute atomic E-state index is 10.7. The van der Waals surface area contributed by atoms with Crippen LogP contribution in [0.5, 0.6) is 5.75 Å². The Kier molecular flexibility index (Phi) is 5.83. The summed E-state index contributed by atoms with van der Waals surface area (Å²) in [6, 6.07) is 10.7. The first-order valence-corrected chi connectivity index (χ1v) is 9.42. The molecule has 0 radical (unpaired) electrons. The van der Waals surface area contributed by atoms with E-state index < -0.39 is 0 Å². The van der Waals surface area contributed by atoms with Crippen LogP contribution in [0.2, 0.25) is 0 Å². The van der Waals surface area contributed by atoms with Crippen molar-refractivity contribution in [2.75, 3.05) is 7.05 Å². The van der Waals surface area contributed by atoms with Crippen molar-refractivity contribution in [2.24, 2.45) is 4.99 Å². The summed E-state index contributed by atoms with van der Waals surface area (Å²) in [5, 5.41) is 11.9. The Labute approximate surface area is 147 Å². The predicted molar refractivity (Wildman–Crippen MR) is 108 cm³/mol. The van der Waals surface area contributed by atoms with E-state index in [9.17, 15) is 5.11 Å². The summed E-state index contributed by atoms with van der Waals surface area (Å²) in [4.78, 5) is 4.21. The van der Waals surface area contributed by atoms with Crippen LogP contribution >= 0.6 is 8.58 Å². The predicted octanol–water partition coefficient (Wildman–Crippen LogP) is 5.00. The second-order valence-corrected chi connectivity index (χ2v) is 8.66. The monoisotopic (exact) mass is 341 g/mol. The Balaban J connectivity index is 2.53. The van der Waals surface area contributed by atoms with Gasteiger partial charge in [-0.2, -0.15) is 0 Å². The molecule has 24 heavy (non-hydrogen) atoms. The molecule has 0 bridgehead atoms. The second-order valence-electron chi connectivity index (χ2n) is 6.77. The Morgan fingerprint density at radius 1 is 1.12 bits per heavy atom. The summed E-state index contributed by atoms with van der Waals surface area (Å²) in [5.41, 5.74) is 5.63. The smallest absolute Gasteiger partial charge is 0.122 e. The van der Waals surface area contributed by atoms with Crippen LogP contribution in [0.1, 0.15) is 48.1 Å². The molecule has 2 aromatic carbocycles. The van der Waals surface area contributed by atoms with Crippen LogP contribution in [0, 0.1) is 20.8 Å². The summed E-state index contributed by atoms with van der Waals surface area (Å²) in [7, 11) is 2.38. The molecule has 0 fully saturated rings. The lowest BCUT2D eigenvalue weighted by Gasteiger charge is -2.31. The maximum Gasteiger partial charge on any atom is 0.122 e. The number of benzene rings is 2. The molecule has 0 aliphatic carbocycles. The van der Waals surface area contributed by atoms with Gasteiger partial charge in [0.05, 0.1) is 0 Å². The van der Waals surface area contributed by atoms with Gasteiger partial charge in [0.1, 0.15) is 5.75 Å². The number of phenolic OH excluding ortho intramolecular Hbond substituents is 1. The third-order valence-electron chi connectivity index (χ3n) is 4.63. The van der Waals surface area contributed by atoms with Crippen LogP contribution in [0.3, 0.4) is 0 Å². The summed E-state index contributed by atoms with van der Waals surface area (Å²) >= 11 is 0. The number of aromatic hydroxyl groups is 1. The fourth-order valence-electron chi connectivity index (χ4n) is 3.07. The molecule has 0 aliphatic rings. The largest absolute Gasteiger partial charge is 0.507 e. The van der Waals surface area contributed by atoms with Crippen molar-refractivity contribution in [3.63, 3.8) is 0 Å². The van der Waals surface area contributed by atoms with Crippen molar-refractivity contribution >= 4 is 20.1 Å². The molecule has 0 heterocycles. The van der Waals surface area contributed by atoms with Gasteiger partial charge in [-0.3, -0.25) is 4.99 Å². The van der Waals surface area contributed by atoms with Gasteiger partial charge in [-0.05, 0) is 49.7 Å². The molecule has 2 atom stereocenters. The lowest BCUT2D eigenvalue weighted by Crippen LogP contribution is -2.20. The van der Waals surface area contributed by atoms with E-state index in [1.807, 2.05) is 26.3 Å². The molecule has 0 spiro atoms. The van der Waals surface area contributed by atoms with Gasteiger partial charge >= 0.3 is 0 Å². The van der Waals surface area contributed by atoms with Gasteiger partial charge in [0.15, 0.2) is 0 Å². The highest BCUT2D eigenvalue weighted by Gasteiger charge is 2.29. The normalized spacial score (nSPS) is 14.6. The van der Waals surface area contributed by atoms with E-state index in [4.69, 9.17) is 0 Å². The second kappa shape index (κ2) is 7.49. The van der Waals surface area contributed by atoms with Gasteiger partial charge in [0.2, 0.25) is 0 Å². The molecule has 0 saturated heterocycles. The van der Waals surface area contributed by atoms with E-state index >= 15 is 0 Å². The van der Waals surface area contributed by atoms with Crippen LogP contribution in [0.25, 0.3) is 0 Å². The number of nitrogens with zero attached hydrogens (tertiary/aromatic N) is 1. The average molecular weight is 341 g/mol. The van der Waals surface area contributed by atoms with Crippen LogP contribution in [-0.4, -0.2) is 18.4 Å². The summed E-state index contributed by atoms with van der Waals surface area (Å²) < 4.78 is 0. The van der Waals surface area contributed by atoms with E-state index in [1.165, 1.54) is 22.0 Å². The fraction of sp³-hybridized carbons (Fsp3) is 0.381. The molecular formula is C21H28NOP. The van der Waals surface area contributed by atoms with Crippen molar-refractivity contribution in [1.82, 2.24) is 0 Å². The summed E-state index contributed by atoms with van der Waals surface area (Å²) in [6.07, 6.45) is 2.91. The molecular weight excluding hydrogens is 313 g/mol. The molecule has 2 aromatic rings. The average Bonchev–Trinajstić information content (AvgIpc) is 2.53. The van der Waals surface area contributed by atoms with Crippen molar-refractivity contribution in [3.8, 4) is 5.75 Å². The van der Waals surface area contributed by atoms with Gasteiger partial charge in [-0.25, -0.2) is 0 Å². The van der Waals surface area contributed by atoms with Gasteiger partial charge in [-0.1, -0.05) is 57.8 Å². The molecule has 3 heteroatoms. The zero-order valence-corrected chi connectivity index (χ0v) is 16.6. The van der Waals surface area contributed by atoms with Gasteiger partial charge in [0.25, 0.3) is 0 Å². The van der Waals surface area contributed by atoms with Gasteiger partial charge in [0, 0.05) is 24.0 Å². The van der Waals surface area contributed by atoms with Gasteiger partial charge < -0.3 is 5.11 Å². The quantitative estimate of drug-likeness (QED) is 0.603. The van der Waals surface area contributed by atoms with Crippen LogP contribution in [0.15, 0.2) is 35.3 Å². The van der Waals surface area contributed by atoms with Crippen molar-refractivity contribution in [3.05, 3.63) is 58.1 Å². The number of aryl methyl sites for hydroxylation is 3. The van der Waals surface area contributed by atoms with Crippen molar-refractivity contribution < 1.29 is 5.11 Å². The van der Waals surface area contributed by atoms with E-state index in [0.29, 0.717) is 14.3 Å². The summed E-state index contributed by atoms with van der Waals surface area (Å²) in [6.45, 7) is 10.6. The Bertz CT molecular complexity index is 767. The first-order chi connectivity index (χ1) is 11.3. The molecule has 1 N–H and O–H groups in total. The van der Waals surface area contributed by atoms with Gasteiger partial charge in [-0.15, -0.1) is 0 Å². The number of hydrogen-bond donors (Lipinski definition) is 1. The van der Waals surface area contributed by atoms with E-state index in [2.05, 4.69) is 57.0 Å². The Morgan fingerprint density at radius 2 is 1.83 bits per heavy atom. The lowest BCUT2D eigenvalue weighted by atomic mass is 9.93. The van der Waals surface area contributed by atoms with Crippen LogP contribution < -0.4 is 5.30 Å². The van der Waals surface area contributed by atoms with E-state index in [1.54, 1.807) is 0 Å². The fourth-order valence-corrected chi connectivity index (χ4v) is 4.61. The first-order valence-electron chi connectivity index (χ1n) is 8.42. The zero-order valence-electron chi connectivity index (χ0n) is 15.6. The Hall–Kier alpha value is -1.66. The molecule has 0 aliphatic heterocycles. The molecule has 2 unspecified atom stereocenters. The highest BCUT2D eigenvalue weighted by molar-refractivity contribution is 7.48.